The van der Waals surface area contributed by atoms with Gasteiger partial charge in [-0.05, 0) is 11.8 Å². The summed E-state index contributed by atoms with van der Waals surface area (Å²) >= 11 is 0. The lowest BCUT2D eigenvalue weighted by molar-refractivity contribution is -0.136. The van der Waals surface area contributed by atoms with Crippen molar-refractivity contribution in [3.63, 3.8) is 0 Å². The minimum Gasteiger partial charge on any atom is -0.339 e. The number of sulfonamides is 1. The molecule has 0 aliphatic carbocycles. The van der Waals surface area contributed by atoms with Crippen LogP contribution in [0.2, 0.25) is 0 Å². The van der Waals surface area contributed by atoms with Gasteiger partial charge in [-0.1, -0.05) is 27.7 Å². The van der Waals surface area contributed by atoms with Gasteiger partial charge in [-0.2, -0.15) is 4.31 Å². The topological polar surface area (TPSA) is 83.7 Å². The molecule has 0 spiro atoms. The van der Waals surface area contributed by atoms with E-state index in [9.17, 15) is 13.2 Å². The molecule has 1 amide bonds. The fraction of sp³-hybridized carbons (Fsp3) is 0.923. The molecule has 20 heavy (non-hydrogen) atoms. The normalized spacial score (nSPS) is 19.9. The molecule has 2 N–H and O–H groups in total. The first-order valence-corrected chi connectivity index (χ1v) is 8.72. The third-order valence-corrected chi connectivity index (χ3v) is 5.68. The fourth-order valence-electron chi connectivity index (χ4n) is 2.14. The largest absolute Gasteiger partial charge is 0.339 e. The van der Waals surface area contributed by atoms with Crippen LogP contribution in [0.4, 0.5) is 0 Å². The highest BCUT2D eigenvalue weighted by molar-refractivity contribution is 7.89. The van der Waals surface area contributed by atoms with Crippen LogP contribution in [0.1, 0.15) is 34.1 Å². The van der Waals surface area contributed by atoms with Gasteiger partial charge in [0.15, 0.2) is 0 Å². The van der Waals surface area contributed by atoms with Crippen LogP contribution in [0.5, 0.6) is 0 Å². The molecule has 1 aliphatic rings. The molecule has 1 rings (SSSR count). The highest BCUT2D eigenvalue weighted by Gasteiger charge is 2.34. The van der Waals surface area contributed by atoms with Crippen LogP contribution in [0.3, 0.4) is 0 Å². The van der Waals surface area contributed by atoms with Gasteiger partial charge in [-0.25, -0.2) is 8.42 Å². The second-order valence-corrected chi connectivity index (χ2v) is 8.47. The smallest absolute Gasteiger partial charge is 0.240 e. The molecule has 1 aliphatic heterocycles. The first-order chi connectivity index (χ1) is 9.09. The maximum atomic E-state index is 12.3. The summed E-state index contributed by atoms with van der Waals surface area (Å²) < 4.78 is 25.4. The Morgan fingerprint density at radius 2 is 1.70 bits per heavy atom. The number of hydrogen-bond acceptors (Lipinski definition) is 4. The van der Waals surface area contributed by atoms with Gasteiger partial charge < -0.3 is 10.6 Å². The summed E-state index contributed by atoms with van der Waals surface area (Å²) in [5, 5.41) is 0. The maximum absolute atomic E-state index is 12.3. The SMILES string of the molecule is CCCS(=O)(=O)N1CCN(C(=O)[C@@H](N)C(C)(C)C)CC1. The predicted octanol–water partition coefficient (Wildman–Crippen LogP) is 0.244. The van der Waals surface area contributed by atoms with Crippen LogP contribution >= 0.6 is 0 Å². The molecular formula is C13H27N3O3S. The van der Waals surface area contributed by atoms with Gasteiger partial charge in [-0.3, -0.25) is 4.79 Å². The van der Waals surface area contributed by atoms with Crippen molar-refractivity contribution in [1.29, 1.82) is 0 Å². The van der Waals surface area contributed by atoms with Crippen molar-refractivity contribution in [2.24, 2.45) is 11.1 Å². The van der Waals surface area contributed by atoms with E-state index in [2.05, 4.69) is 0 Å². The number of hydrogen-bond donors (Lipinski definition) is 1. The van der Waals surface area contributed by atoms with Gasteiger partial charge in [-0.15, -0.1) is 0 Å². The summed E-state index contributed by atoms with van der Waals surface area (Å²) in [6.45, 7) is 9.21. The lowest BCUT2D eigenvalue weighted by Crippen LogP contribution is -2.57. The van der Waals surface area contributed by atoms with Gasteiger partial charge in [0.05, 0.1) is 11.8 Å². The lowest BCUT2D eigenvalue weighted by Gasteiger charge is -2.37. The Labute approximate surface area is 122 Å². The average Bonchev–Trinajstić information content (AvgIpc) is 2.36. The molecular weight excluding hydrogens is 278 g/mol. The van der Waals surface area contributed by atoms with E-state index in [0.717, 1.165) is 0 Å². The highest BCUT2D eigenvalue weighted by Crippen LogP contribution is 2.20. The summed E-state index contributed by atoms with van der Waals surface area (Å²) in [7, 11) is -3.17. The number of carbonyl (C=O) groups is 1. The Bertz CT molecular complexity index is 434. The Morgan fingerprint density at radius 3 is 2.10 bits per heavy atom. The van der Waals surface area contributed by atoms with Crippen LogP contribution in [-0.2, 0) is 14.8 Å². The third-order valence-electron chi connectivity index (χ3n) is 3.60. The van der Waals surface area contributed by atoms with Crippen molar-refractivity contribution >= 4 is 15.9 Å². The molecule has 0 bridgehead atoms. The average molecular weight is 305 g/mol. The van der Waals surface area contributed by atoms with Gasteiger partial charge in [0.2, 0.25) is 15.9 Å². The molecule has 1 fully saturated rings. The zero-order chi connectivity index (χ0) is 15.6. The van der Waals surface area contributed by atoms with E-state index < -0.39 is 16.1 Å². The van der Waals surface area contributed by atoms with Crippen molar-refractivity contribution in [1.82, 2.24) is 9.21 Å². The predicted molar refractivity (Wildman–Crippen MR) is 79.7 cm³/mol. The van der Waals surface area contributed by atoms with Crippen molar-refractivity contribution in [3.05, 3.63) is 0 Å². The molecule has 118 valence electrons. The minimum atomic E-state index is -3.17. The molecule has 1 saturated heterocycles. The molecule has 0 unspecified atom stereocenters. The van der Waals surface area contributed by atoms with Crippen LogP contribution in [0.25, 0.3) is 0 Å². The molecule has 7 heteroatoms. The molecule has 0 aromatic rings. The van der Waals surface area contributed by atoms with Gasteiger partial charge >= 0.3 is 0 Å². The number of nitrogens with two attached hydrogens (primary N) is 1. The number of amides is 1. The number of nitrogens with zero attached hydrogens (tertiary/aromatic N) is 2. The summed E-state index contributed by atoms with van der Waals surface area (Å²) in [5.41, 5.74) is 5.68. The monoisotopic (exact) mass is 305 g/mol. The second kappa shape index (κ2) is 6.41. The zero-order valence-electron chi connectivity index (χ0n) is 12.9. The number of piperazine rings is 1. The lowest BCUT2D eigenvalue weighted by atomic mass is 9.86. The minimum absolute atomic E-state index is 0.0926. The van der Waals surface area contributed by atoms with Crippen LogP contribution < -0.4 is 5.73 Å². The first-order valence-electron chi connectivity index (χ1n) is 7.12. The quantitative estimate of drug-likeness (QED) is 0.806. The van der Waals surface area contributed by atoms with Crippen molar-refractivity contribution in [2.75, 3.05) is 31.9 Å². The molecule has 0 saturated carbocycles. The highest BCUT2D eigenvalue weighted by atomic mass is 32.2. The zero-order valence-corrected chi connectivity index (χ0v) is 13.7. The van der Waals surface area contributed by atoms with Gasteiger partial charge in [0.25, 0.3) is 0 Å². The van der Waals surface area contributed by atoms with Gasteiger partial charge in [0.1, 0.15) is 0 Å². The van der Waals surface area contributed by atoms with Gasteiger partial charge in [0, 0.05) is 26.2 Å². The second-order valence-electron chi connectivity index (χ2n) is 6.38. The van der Waals surface area contributed by atoms with E-state index in [1.54, 1.807) is 4.90 Å². The Kier molecular flexibility index (Phi) is 5.57. The fourth-order valence-corrected chi connectivity index (χ4v) is 3.63. The molecule has 0 aromatic heterocycles. The molecule has 0 aromatic carbocycles. The summed E-state index contributed by atoms with van der Waals surface area (Å²) in [6, 6.07) is -0.554. The van der Waals surface area contributed by atoms with Crippen molar-refractivity contribution < 1.29 is 13.2 Å². The van der Waals surface area contributed by atoms with Crippen molar-refractivity contribution in [2.45, 2.75) is 40.2 Å². The Balaban J connectivity index is 2.61. The molecule has 1 heterocycles. The Morgan fingerprint density at radius 1 is 1.20 bits per heavy atom. The molecule has 6 nitrogen and oxygen atoms in total. The van der Waals surface area contributed by atoms with E-state index in [1.165, 1.54) is 4.31 Å². The first kappa shape index (κ1) is 17.4. The number of rotatable bonds is 4. The van der Waals surface area contributed by atoms with E-state index in [4.69, 9.17) is 5.73 Å². The summed E-state index contributed by atoms with van der Waals surface area (Å²) in [4.78, 5) is 13.9. The van der Waals surface area contributed by atoms with E-state index in [-0.39, 0.29) is 17.1 Å². The van der Waals surface area contributed by atoms with E-state index in [1.807, 2.05) is 27.7 Å². The van der Waals surface area contributed by atoms with Crippen LogP contribution in [0.15, 0.2) is 0 Å². The summed E-state index contributed by atoms with van der Waals surface area (Å²) in [5.74, 6) is 0.0765. The van der Waals surface area contributed by atoms with Crippen LogP contribution in [0, 0.1) is 5.41 Å². The van der Waals surface area contributed by atoms with Crippen LogP contribution in [-0.4, -0.2) is 61.5 Å². The van der Waals surface area contributed by atoms with Crippen molar-refractivity contribution in [3.8, 4) is 0 Å². The Hall–Kier alpha value is -0.660. The van der Waals surface area contributed by atoms with E-state index >= 15 is 0 Å². The number of carbonyl (C=O) groups excluding carboxylic acids is 1. The standard InChI is InChI=1S/C13H27N3O3S/c1-5-10-20(18,19)16-8-6-15(7-9-16)12(17)11(14)13(2,3)4/h11H,5-10,14H2,1-4H3/t11-/m1/s1. The maximum Gasteiger partial charge on any atom is 0.240 e. The molecule has 0 radical (unpaired) electrons. The summed E-state index contributed by atoms with van der Waals surface area (Å²) in [6.07, 6.45) is 0.608. The molecule has 1 atom stereocenters. The third kappa shape index (κ3) is 4.17. The van der Waals surface area contributed by atoms with E-state index in [0.29, 0.717) is 32.6 Å².